The van der Waals surface area contributed by atoms with Gasteiger partial charge in [0.2, 0.25) is 0 Å². The van der Waals surface area contributed by atoms with Gasteiger partial charge in [0.15, 0.2) is 5.69 Å². The van der Waals surface area contributed by atoms with Gasteiger partial charge in [-0.25, -0.2) is 0 Å². The molecule has 1 aliphatic rings. The van der Waals surface area contributed by atoms with Crippen LogP contribution in [-0.4, -0.2) is 9.78 Å². The van der Waals surface area contributed by atoms with E-state index >= 15 is 0 Å². The summed E-state index contributed by atoms with van der Waals surface area (Å²) in [6.07, 6.45) is -2.35. The predicted molar refractivity (Wildman–Crippen MR) is 40.2 cm³/mol. The highest BCUT2D eigenvalue weighted by Gasteiger charge is 2.37. The van der Waals surface area contributed by atoms with Crippen molar-refractivity contribution >= 4 is 0 Å². The molecular weight excluding hydrogens is 181 g/mol. The van der Waals surface area contributed by atoms with Crippen LogP contribution >= 0.6 is 0 Å². The Kier molecular flexibility index (Phi) is 1.65. The molecule has 1 aromatic rings. The third kappa shape index (κ3) is 1.55. The third-order valence-electron chi connectivity index (χ3n) is 2.20. The fraction of sp³-hybridized carbons (Fsp3) is 0.625. The lowest BCUT2D eigenvalue weighted by Gasteiger charge is -1.99. The van der Waals surface area contributed by atoms with Crippen LogP contribution in [0.25, 0.3) is 0 Å². The molecule has 0 amide bonds. The summed E-state index contributed by atoms with van der Waals surface area (Å²) in [5.41, 5.74) is -0.0794. The van der Waals surface area contributed by atoms with E-state index < -0.39 is 11.9 Å². The molecular formula is C8H9F3N2. The van der Waals surface area contributed by atoms with Crippen LogP contribution in [-0.2, 0) is 13.2 Å². The molecule has 0 aromatic carbocycles. The number of alkyl halides is 3. The molecule has 1 aromatic heterocycles. The minimum Gasteiger partial charge on any atom is -0.272 e. The molecule has 0 atom stereocenters. The van der Waals surface area contributed by atoms with E-state index in [1.807, 2.05) is 0 Å². The molecule has 1 heterocycles. The number of aryl methyl sites for hydroxylation is 1. The minimum atomic E-state index is -4.31. The smallest absolute Gasteiger partial charge is 0.272 e. The van der Waals surface area contributed by atoms with Gasteiger partial charge in [-0.15, -0.1) is 0 Å². The van der Waals surface area contributed by atoms with Gasteiger partial charge in [0.25, 0.3) is 0 Å². The predicted octanol–water partition coefficient (Wildman–Crippen LogP) is 2.32. The van der Waals surface area contributed by atoms with Crippen molar-refractivity contribution in [1.82, 2.24) is 9.78 Å². The van der Waals surface area contributed by atoms with Crippen molar-refractivity contribution in [2.75, 3.05) is 0 Å². The number of nitrogens with zero attached hydrogens (tertiary/aromatic N) is 2. The second-order valence-electron chi connectivity index (χ2n) is 3.35. The Morgan fingerprint density at radius 2 is 2.08 bits per heavy atom. The van der Waals surface area contributed by atoms with Crippen molar-refractivity contribution in [1.29, 1.82) is 0 Å². The summed E-state index contributed by atoms with van der Waals surface area (Å²) in [5.74, 6) is 0.300. The fourth-order valence-electron chi connectivity index (χ4n) is 1.38. The highest BCUT2D eigenvalue weighted by molar-refractivity contribution is 5.20. The van der Waals surface area contributed by atoms with Crippen molar-refractivity contribution in [3.05, 3.63) is 17.5 Å². The molecule has 0 saturated heterocycles. The molecule has 5 heteroatoms. The third-order valence-corrected chi connectivity index (χ3v) is 2.20. The highest BCUT2D eigenvalue weighted by Crippen LogP contribution is 2.41. The molecule has 0 aliphatic heterocycles. The van der Waals surface area contributed by atoms with Crippen LogP contribution in [0.1, 0.15) is 30.1 Å². The lowest BCUT2D eigenvalue weighted by atomic mass is 10.2. The van der Waals surface area contributed by atoms with E-state index in [4.69, 9.17) is 0 Å². The first-order chi connectivity index (χ1) is 5.98. The van der Waals surface area contributed by atoms with E-state index in [-0.39, 0.29) is 0 Å². The summed E-state index contributed by atoms with van der Waals surface area (Å²) in [7, 11) is 1.56. The first-order valence-electron chi connectivity index (χ1n) is 4.09. The Morgan fingerprint density at radius 1 is 1.46 bits per heavy atom. The van der Waals surface area contributed by atoms with Gasteiger partial charge in [0, 0.05) is 18.7 Å². The summed E-state index contributed by atoms with van der Waals surface area (Å²) in [5, 5.41) is 3.43. The highest BCUT2D eigenvalue weighted by atomic mass is 19.4. The molecule has 0 N–H and O–H groups in total. The van der Waals surface area contributed by atoms with Crippen LogP contribution in [0.15, 0.2) is 6.07 Å². The van der Waals surface area contributed by atoms with Crippen LogP contribution in [0.4, 0.5) is 13.2 Å². The largest absolute Gasteiger partial charge is 0.435 e. The summed E-state index contributed by atoms with van der Waals surface area (Å²) in [6, 6.07) is 1.15. The van der Waals surface area contributed by atoms with E-state index in [1.165, 1.54) is 4.68 Å². The lowest BCUT2D eigenvalue weighted by Crippen LogP contribution is -2.06. The Labute approximate surface area is 73.4 Å². The second-order valence-corrected chi connectivity index (χ2v) is 3.35. The monoisotopic (exact) mass is 190 g/mol. The summed E-state index contributed by atoms with van der Waals surface area (Å²) in [4.78, 5) is 0. The van der Waals surface area contributed by atoms with Crippen molar-refractivity contribution in [2.45, 2.75) is 24.9 Å². The molecule has 72 valence electrons. The summed E-state index contributed by atoms with van der Waals surface area (Å²) >= 11 is 0. The van der Waals surface area contributed by atoms with Gasteiger partial charge in [-0.05, 0) is 18.9 Å². The molecule has 2 rings (SSSR count). The molecule has 13 heavy (non-hydrogen) atoms. The first-order valence-corrected chi connectivity index (χ1v) is 4.09. The van der Waals surface area contributed by atoms with Gasteiger partial charge in [-0.1, -0.05) is 0 Å². The molecule has 0 bridgehead atoms. The lowest BCUT2D eigenvalue weighted by molar-refractivity contribution is -0.141. The number of hydrogen-bond donors (Lipinski definition) is 0. The molecule has 0 spiro atoms. The van der Waals surface area contributed by atoms with Crippen LogP contribution in [0, 0.1) is 0 Å². The zero-order valence-corrected chi connectivity index (χ0v) is 7.10. The van der Waals surface area contributed by atoms with Gasteiger partial charge in [0.05, 0.1) is 0 Å². The van der Waals surface area contributed by atoms with Crippen LogP contribution in [0.5, 0.6) is 0 Å². The number of halogens is 3. The van der Waals surface area contributed by atoms with Gasteiger partial charge < -0.3 is 0 Å². The van der Waals surface area contributed by atoms with Gasteiger partial charge in [0.1, 0.15) is 0 Å². The summed E-state index contributed by atoms with van der Waals surface area (Å²) in [6.45, 7) is 0. The zero-order valence-electron chi connectivity index (χ0n) is 7.10. The molecule has 1 saturated carbocycles. The van der Waals surface area contributed by atoms with Crippen molar-refractivity contribution in [3.63, 3.8) is 0 Å². The Hall–Kier alpha value is -1.00. The average molecular weight is 190 g/mol. The average Bonchev–Trinajstić information content (AvgIpc) is 2.73. The standard InChI is InChI=1S/C8H9F3N2/c1-13-6(5-2-3-5)4-7(12-13)8(9,10)11/h4-5H,2-3H2,1H3. The minimum absolute atomic E-state index is 0.300. The number of hydrogen-bond acceptors (Lipinski definition) is 1. The maximum absolute atomic E-state index is 12.2. The SMILES string of the molecule is Cn1nc(C(F)(F)F)cc1C1CC1. The van der Waals surface area contributed by atoms with Crippen LogP contribution < -0.4 is 0 Å². The van der Waals surface area contributed by atoms with E-state index in [1.54, 1.807) is 7.05 Å². The molecule has 0 radical (unpaired) electrons. The van der Waals surface area contributed by atoms with Gasteiger partial charge in [-0.2, -0.15) is 18.3 Å². The fourth-order valence-corrected chi connectivity index (χ4v) is 1.38. The Balaban J connectivity index is 2.34. The van der Waals surface area contributed by atoms with Crippen molar-refractivity contribution in [2.24, 2.45) is 7.05 Å². The summed E-state index contributed by atoms with van der Waals surface area (Å²) < 4.78 is 37.9. The quantitative estimate of drug-likeness (QED) is 0.664. The van der Waals surface area contributed by atoms with E-state index in [9.17, 15) is 13.2 Å². The van der Waals surface area contributed by atoms with E-state index in [0.717, 1.165) is 18.9 Å². The van der Waals surface area contributed by atoms with Gasteiger partial charge in [-0.3, -0.25) is 4.68 Å². The number of rotatable bonds is 1. The zero-order chi connectivity index (χ0) is 9.64. The van der Waals surface area contributed by atoms with E-state index in [2.05, 4.69) is 5.10 Å². The van der Waals surface area contributed by atoms with Crippen molar-refractivity contribution in [3.8, 4) is 0 Å². The molecule has 2 nitrogen and oxygen atoms in total. The normalized spacial score (nSPS) is 17.8. The number of aromatic nitrogens is 2. The topological polar surface area (TPSA) is 17.8 Å². The maximum atomic E-state index is 12.2. The first kappa shape index (κ1) is 8.59. The Morgan fingerprint density at radius 3 is 2.46 bits per heavy atom. The van der Waals surface area contributed by atoms with E-state index in [0.29, 0.717) is 11.6 Å². The maximum Gasteiger partial charge on any atom is 0.435 e. The van der Waals surface area contributed by atoms with Crippen molar-refractivity contribution < 1.29 is 13.2 Å². The molecule has 0 unspecified atom stereocenters. The van der Waals surface area contributed by atoms with Crippen LogP contribution in [0.3, 0.4) is 0 Å². The molecule has 1 aliphatic carbocycles. The molecule has 1 fully saturated rings. The Bertz CT molecular complexity index is 323. The second kappa shape index (κ2) is 2.49. The van der Waals surface area contributed by atoms with Crippen LogP contribution in [0.2, 0.25) is 0 Å². The van der Waals surface area contributed by atoms with Gasteiger partial charge >= 0.3 is 6.18 Å².